The van der Waals surface area contributed by atoms with Crippen molar-refractivity contribution in [3.8, 4) is 17.0 Å². The number of hydrogen-bond acceptors (Lipinski definition) is 1. The Morgan fingerprint density at radius 3 is 2.43 bits per heavy atom. The minimum Gasteiger partial charge on any atom is -0.502 e. The van der Waals surface area contributed by atoms with Crippen molar-refractivity contribution in [2.45, 2.75) is 6.92 Å². The van der Waals surface area contributed by atoms with Crippen molar-refractivity contribution in [1.29, 1.82) is 0 Å². The molecule has 0 saturated carbocycles. The second-order valence-corrected chi connectivity index (χ2v) is 3.30. The lowest BCUT2D eigenvalue weighted by molar-refractivity contribution is -0.365. The molecule has 1 heterocycles. The van der Waals surface area contributed by atoms with Crippen LogP contribution in [0.1, 0.15) is 5.56 Å². The summed E-state index contributed by atoms with van der Waals surface area (Å²) in [6, 6.07) is 11.5. The Bertz CT molecular complexity index is 434. The fraction of sp³-hybridized carbons (Fsp3) is 0.0833. The topological polar surface area (TPSA) is 34.4 Å². The van der Waals surface area contributed by atoms with Crippen LogP contribution in [0.3, 0.4) is 0 Å². The van der Waals surface area contributed by atoms with Crippen LogP contribution in [0.2, 0.25) is 0 Å². The van der Waals surface area contributed by atoms with Gasteiger partial charge in [-0.05, 0) is 25.1 Å². The summed E-state index contributed by atoms with van der Waals surface area (Å²) >= 11 is 0. The van der Waals surface area contributed by atoms with E-state index in [1.807, 2.05) is 31.2 Å². The van der Waals surface area contributed by atoms with E-state index < -0.39 is 0 Å². The summed E-state index contributed by atoms with van der Waals surface area (Å²) in [5.74, 6) is 0.274. The van der Waals surface area contributed by atoms with Crippen LogP contribution >= 0.6 is 0 Å². The minimum absolute atomic E-state index is 0.274. The molecule has 0 bridgehead atoms. The molecule has 0 aliphatic carbocycles. The SMILES string of the molecule is Cc1ccc(-c2[nH+]cccc2O)cc1. The van der Waals surface area contributed by atoms with Crippen LogP contribution in [0.4, 0.5) is 0 Å². The summed E-state index contributed by atoms with van der Waals surface area (Å²) in [7, 11) is 0. The molecule has 0 radical (unpaired) electrons. The number of aromatic amines is 1. The maximum Gasteiger partial charge on any atom is 0.252 e. The number of aryl methyl sites for hydroxylation is 1. The molecule has 0 aliphatic rings. The Morgan fingerprint density at radius 2 is 1.79 bits per heavy atom. The van der Waals surface area contributed by atoms with Crippen molar-refractivity contribution >= 4 is 0 Å². The molecule has 0 fully saturated rings. The maximum atomic E-state index is 9.60. The standard InChI is InChI=1S/C12H11NO/c1-9-4-6-10(7-5-9)12-11(14)3-2-8-13-12/h2-8,14H,1H3/p+1. The van der Waals surface area contributed by atoms with E-state index in [-0.39, 0.29) is 5.75 Å². The van der Waals surface area contributed by atoms with E-state index in [9.17, 15) is 5.11 Å². The first-order chi connectivity index (χ1) is 6.77. The van der Waals surface area contributed by atoms with Gasteiger partial charge in [-0.1, -0.05) is 17.7 Å². The molecule has 0 spiro atoms. The molecule has 0 amide bonds. The van der Waals surface area contributed by atoms with Crippen molar-refractivity contribution in [1.82, 2.24) is 0 Å². The van der Waals surface area contributed by atoms with Gasteiger partial charge in [-0.2, -0.15) is 0 Å². The van der Waals surface area contributed by atoms with E-state index in [0.717, 1.165) is 11.3 Å². The molecule has 1 aromatic carbocycles. The van der Waals surface area contributed by atoms with Crippen LogP contribution in [-0.4, -0.2) is 5.11 Å². The van der Waals surface area contributed by atoms with E-state index in [0.29, 0.717) is 0 Å². The zero-order valence-corrected chi connectivity index (χ0v) is 7.99. The number of aromatic nitrogens is 1. The summed E-state index contributed by atoms with van der Waals surface area (Å²) in [6.45, 7) is 2.04. The molecule has 2 nitrogen and oxygen atoms in total. The van der Waals surface area contributed by atoms with Crippen molar-refractivity contribution in [3.05, 3.63) is 48.2 Å². The Kier molecular flexibility index (Phi) is 2.19. The summed E-state index contributed by atoms with van der Waals surface area (Å²) in [5, 5.41) is 9.60. The van der Waals surface area contributed by atoms with Gasteiger partial charge in [0.2, 0.25) is 0 Å². The number of benzene rings is 1. The minimum atomic E-state index is 0.274. The second-order valence-electron chi connectivity index (χ2n) is 3.30. The molecular weight excluding hydrogens is 174 g/mol. The van der Waals surface area contributed by atoms with Crippen LogP contribution in [0.15, 0.2) is 42.6 Å². The lowest BCUT2D eigenvalue weighted by Gasteiger charge is -1.98. The van der Waals surface area contributed by atoms with Gasteiger partial charge in [-0.3, -0.25) is 0 Å². The number of H-pyrrole nitrogens is 1. The van der Waals surface area contributed by atoms with Gasteiger partial charge in [0.25, 0.3) is 5.69 Å². The highest BCUT2D eigenvalue weighted by Gasteiger charge is 2.09. The highest BCUT2D eigenvalue weighted by Crippen LogP contribution is 2.23. The molecule has 0 atom stereocenters. The second kappa shape index (κ2) is 3.50. The van der Waals surface area contributed by atoms with E-state index >= 15 is 0 Å². The fourth-order valence-electron chi connectivity index (χ4n) is 1.38. The zero-order chi connectivity index (χ0) is 9.97. The Morgan fingerprint density at radius 1 is 1.07 bits per heavy atom. The molecule has 0 unspecified atom stereocenters. The number of aromatic hydroxyl groups is 1. The molecule has 0 aliphatic heterocycles. The summed E-state index contributed by atoms with van der Waals surface area (Å²) in [5.41, 5.74) is 2.96. The van der Waals surface area contributed by atoms with Gasteiger partial charge in [0, 0.05) is 6.07 Å². The normalized spacial score (nSPS) is 10.1. The molecule has 0 saturated heterocycles. The van der Waals surface area contributed by atoms with Crippen molar-refractivity contribution < 1.29 is 10.1 Å². The highest BCUT2D eigenvalue weighted by molar-refractivity contribution is 5.62. The van der Waals surface area contributed by atoms with Crippen LogP contribution in [0.25, 0.3) is 11.3 Å². The third-order valence-electron chi connectivity index (χ3n) is 2.17. The number of pyridine rings is 1. The van der Waals surface area contributed by atoms with Gasteiger partial charge in [-0.25, -0.2) is 4.98 Å². The Hall–Kier alpha value is -1.83. The first kappa shape index (κ1) is 8.75. The smallest absolute Gasteiger partial charge is 0.252 e. The summed E-state index contributed by atoms with van der Waals surface area (Å²) in [6.07, 6.45) is 1.80. The van der Waals surface area contributed by atoms with Crippen LogP contribution in [0.5, 0.6) is 5.75 Å². The van der Waals surface area contributed by atoms with E-state index in [1.54, 1.807) is 18.3 Å². The third-order valence-corrected chi connectivity index (χ3v) is 2.17. The molecule has 2 N–H and O–H groups in total. The van der Waals surface area contributed by atoms with Gasteiger partial charge in [0.1, 0.15) is 0 Å². The largest absolute Gasteiger partial charge is 0.502 e. The maximum absolute atomic E-state index is 9.60. The van der Waals surface area contributed by atoms with Gasteiger partial charge in [-0.15, -0.1) is 0 Å². The molecule has 2 rings (SSSR count). The first-order valence-corrected chi connectivity index (χ1v) is 4.54. The highest BCUT2D eigenvalue weighted by atomic mass is 16.3. The van der Waals surface area contributed by atoms with Crippen molar-refractivity contribution in [2.75, 3.05) is 0 Å². The molecule has 2 heteroatoms. The Labute approximate surface area is 82.9 Å². The molecule has 70 valence electrons. The quantitative estimate of drug-likeness (QED) is 0.727. The lowest BCUT2D eigenvalue weighted by Crippen LogP contribution is -2.04. The van der Waals surface area contributed by atoms with Crippen LogP contribution in [0, 0.1) is 6.92 Å². The summed E-state index contributed by atoms with van der Waals surface area (Å²) in [4.78, 5) is 3.02. The molecular formula is C12H12NO+. The van der Waals surface area contributed by atoms with E-state index in [4.69, 9.17) is 0 Å². The molecule has 1 aromatic heterocycles. The van der Waals surface area contributed by atoms with E-state index in [1.165, 1.54) is 5.56 Å². The van der Waals surface area contributed by atoms with Gasteiger partial charge < -0.3 is 5.11 Å². The predicted molar refractivity (Wildman–Crippen MR) is 54.8 cm³/mol. The van der Waals surface area contributed by atoms with Gasteiger partial charge in [0.05, 0.1) is 5.56 Å². The monoisotopic (exact) mass is 186 g/mol. The van der Waals surface area contributed by atoms with Crippen LogP contribution < -0.4 is 4.98 Å². The number of hydrogen-bond donors (Lipinski definition) is 1. The third kappa shape index (κ3) is 1.59. The Balaban J connectivity index is 2.50. The molecule has 2 aromatic rings. The number of nitrogens with one attached hydrogen (secondary N) is 1. The molecule has 14 heavy (non-hydrogen) atoms. The average molecular weight is 186 g/mol. The average Bonchev–Trinajstić information content (AvgIpc) is 2.20. The van der Waals surface area contributed by atoms with Crippen molar-refractivity contribution in [2.24, 2.45) is 0 Å². The zero-order valence-electron chi connectivity index (χ0n) is 7.99. The van der Waals surface area contributed by atoms with E-state index in [2.05, 4.69) is 4.98 Å². The number of rotatable bonds is 1. The van der Waals surface area contributed by atoms with Gasteiger partial charge in [0.15, 0.2) is 11.9 Å². The lowest BCUT2D eigenvalue weighted by atomic mass is 10.1. The first-order valence-electron chi connectivity index (χ1n) is 4.54. The summed E-state index contributed by atoms with van der Waals surface area (Å²) < 4.78 is 0. The predicted octanol–water partition coefficient (Wildman–Crippen LogP) is 2.18. The van der Waals surface area contributed by atoms with Crippen LogP contribution in [-0.2, 0) is 0 Å². The van der Waals surface area contributed by atoms with Crippen molar-refractivity contribution in [3.63, 3.8) is 0 Å². The fourth-order valence-corrected chi connectivity index (χ4v) is 1.38. The van der Waals surface area contributed by atoms with Gasteiger partial charge >= 0.3 is 0 Å².